The first kappa shape index (κ1) is 14.1. The van der Waals surface area contributed by atoms with Crippen LogP contribution in [0.15, 0.2) is 6.07 Å². The molecule has 1 aromatic heterocycles. The molecular formula is C11H16F2N4O. The molecule has 0 aliphatic rings. The molecule has 18 heavy (non-hydrogen) atoms. The molecule has 3 N–H and O–H groups in total. The number of halogens is 2. The van der Waals surface area contributed by atoms with Crippen LogP contribution in [0.1, 0.15) is 13.8 Å². The Labute approximate surface area is 104 Å². The van der Waals surface area contributed by atoms with Crippen molar-refractivity contribution in [3.63, 3.8) is 0 Å². The van der Waals surface area contributed by atoms with E-state index >= 15 is 0 Å². The lowest BCUT2D eigenvalue weighted by molar-refractivity contribution is -0.121. The molecule has 0 spiro atoms. The summed E-state index contributed by atoms with van der Waals surface area (Å²) in [6, 6.07) is 0.0492. The van der Waals surface area contributed by atoms with Gasteiger partial charge in [0.15, 0.2) is 23.3 Å². The van der Waals surface area contributed by atoms with Crippen LogP contribution in [0, 0.1) is 11.6 Å². The third-order valence-corrected chi connectivity index (χ3v) is 2.26. The van der Waals surface area contributed by atoms with E-state index in [1.807, 2.05) is 0 Å². The van der Waals surface area contributed by atoms with Crippen molar-refractivity contribution in [1.29, 1.82) is 0 Å². The molecule has 0 fully saturated rings. The van der Waals surface area contributed by atoms with Crippen LogP contribution in [0.25, 0.3) is 0 Å². The second-order valence-corrected chi connectivity index (χ2v) is 3.66. The Morgan fingerprint density at radius 3 is 2.56 bits per heavy atom. The highest BCUT2D eigenvalue weighted by Crippen LogP contribution is 2.19. The van der Waals surface area contributed by atoms with Gasteiger partial charge in [0, 0.05) is 19.7 Å². The van der Waals surface area contributed by atoms with Gasteiger partial charge in [0.25, 0.3) is 0 Å². The number of pyridine rings is 1. The predicted octanol–water partition coefficient (Wildman–Crippen LogP) is 1.34. The number of hydrogen-bond acceptors (Lipinski definition) is 4. The van der Waals surface area contributed by atoms with Gasteiger partial charge in [0.2, 0.25) is 5.91 Å². The minimum absolute atomic E-state index is 0.0815. The Morgan fingerprint density at radius 2 is 2.00 bits per heavy atom. The lowest BCUT2D eigenvalue weighted by atomic mass is 10.3. The molecule has 1 aromatic rings. The highest BCUT2D eigenvalue weighted by molar-refractivity contribution is 5.83. The fourth-order valence-electron chi connectivity index (χ4n) is 1.34. The summed E-state index contributed by atoms with van der Waals surface area (Å²) in [4.78, 5) is 15.2. The number of rotatable bonds is 5. The summed E-state index contributed by atoms with van der Waals surface area (Å²) in [6.45, 7) is 3.82. The topological polar surface area (TPSA) is 66.0 Å². The SMILES string of the molecule is CCNC(=O)C(C)Nc1nc(NC)c(F)cc1F. The minimum Gasteiger partial charge on any atom is -0.371 e. The van der Waals surface area contributed by atoms with Crippen molar-refractivity contribution >= 4 is 17.5 Å². The predicted molar refractivity (Wildman–Crippen MR) is 65.5 cm³/mol. The summed E-state index contributed by atoms with van der Waals surface area (Å²) in [5.74, 6) is -2.16. The fraction of sp³-hybridized carbons (Fsp3) is 0.455. The monoisotopic (exact) mass is 258 g/mol. The number of nitrogens with zero attached hydrogens (tertiary/aromatic N) is 1. The standard InChI is InChI=1S/C11H16F2N4O/c1-4-15-11(18)6(2)16-10-8(13)5-7(12)9(14-3)17-10/h5-6H,4H2,1-3H3,(H,15,18)(H2,14,16,17). The van der Waals surface area contributed by atoms with E-state index in [2.05, 4.69) is 20.9 Å². The average molecular weight is 258 g/mol. The zero-order chi connectivity index (χ0) is 13.7. The Bertz CT molecular complexity index is 439. The van der Waals surface area contributed by atoms with Gasteiger partial charge in [-0.15, -0.1) is 0 Å². The largest absolute Gasteiger partial charge is 0.371 e. The first-order valence-corrected chi connectivity index (χ1v) is 5.57. The van der Waals surface area contributed by atoms with Crippen molar-refractivity contribution < 1.29 is 13.6 Å². The molecule has 0 saturated heterocycles. The lowest BCUT2D eigenvalue weighted by Gasteiger charge is -2.15. The zero-order valence-electron chi connectivity index (χ0n) is 10.5. The molecule has 1 rings (SSSR count). The fourth-order valence-corrected chi connectivity index (χ4v) is 1.34. The van der Waals surface area contributed by atoms with Crippen LogP contribution in [-0.2, 0) is 4.79 Å². The molecule has 1 amide bonds. The lowest BCUT2D eigenvalue weighted by Crippen LogP contribution is -2.37. The van der Waals surface area contributed by atoms with Crippen LogP contribution in [0.5, 0.6) is 0 Å². The van der Waals surface area contributed by atoms with Crippen molar-refractivity contribution in [1.82, 2.24) is 10.3 Å². The van der Waals surface area contributed by atoms with Gasteiger partial charge in [-0.2, -0.15) is 0 Å². The summed E-state index contributed by atoms with van der Waals surface area (Å²) in [7, 11) is 1.47. The van der Waals surface area contributed by atoms with Gasteiger partial charge in [0.1, 0.15) is 6.04 Å². The average Bonchev–Trinajstić information content (AvgIpc) is 2.32. The van der Waals surface area contributed by atoms with Crippen molar-refractivity contribution in [2.75, 3.05) is 24.2 Å². The molecule has 1 atom stereocenters. The van der Waals surface area contributed by atoms with Crippen LogP contribution >= 0.6 is 0 Å². The van der Waals surface area contributed by atoms with Gasteiger partial charge >= 0.3 is 0 Å². The maximum Gasteiger partial charge on any atom is 0.242 e. The summed E-state index contributed by atoms with van der Waals surface area (Å²) in [5.41, 5.74) is 0. The molecule has 1 heterocycles. The first-order valence-electron chi connectivity index (χ1n) is 5.57. The van der Waals surface area contributed by atoms with E-state index < -0.39 is 17.7 Å². The second-order valence-electron chi connectivity index (χ2n) is 3.66. The number of aromatic nitrogens is 1. The highest BCUT2D eigenvalue weighted by Gasteiger charge is 2.16. The van der Waals surface area contributed by atoms with Crippen LogP contribution in [-0.4, -0.2) is 30.5 Å². The number of carbonyl (C=O) groups is 1. The van der Waals surface area contributed by atoms with E-state index in [1.54, 1.807) is 13.8 Å². The Hall–Kier alpha value is -1.92. The maximum atomic E-state index is 13.5. The smallest absolute Gasteiger partial charge is 0.242 e. The second kappa shape index (κ2) is 6.13. The number of anilines is 2. The maximum absolute atomic E-state index is 13.5. The Morgan fingerprint density at radius 1 is 1.39 bits per heavy atom. The van der Waals surface area contributed by atoms with Crippen molar-refractivity contribution in [3.8, 4) is 0 Å². The van der Waals surface area contributed by atoms with E-state index in [-0.39, 0.29) is 17.5 Å². The molecule has 0 aliphatic heterocycles. The molecular weight excluding hydrogens is 242 g/mol. The van der Waals surface area contributed by atoms with Gasteiger partial charge < -0.3 is 16.0 Å². The van der Waals surface area contributed by atoms with Gasteiger partial charge in [-0.05, 0) is 13.8 Å². The van der Waals surface area contributed by atoms with E-state index in [0.717, 1.165) is 0 Å². The van der Waals surface area contributed by atoms with Crippen LogP contribution < -0.4 is 16.0 Å². The number of nitrogens with one attached hydrogen (secondary N) is 3. The summed E-state index contributed by atoms with van der Waals surface area (Å²) in [5, 5.41) is 7.67. The number of amides is 1. The molecule has 0 radical (unpaired) electrons. The molecule has 7 heteroatoms. The van der Waals surface area contributed by atoms with Gasteiger partial charge in [-0.1, -0.05) is 0 Å². The van der Waals surface area contributed by atoms with Gasteiger partial charge in [-0.25, -0.2) is 13.8 Å². The van der Waals surface area contributed by atoms with Crippen LogP contribution in [0.2, 0.25) is 0 Å². The first-order chi connectivity index (χ1) is 8.49. The van der Waals surface area contributed by atoms with E-state index in [0.29, 0.717) is 12.6 Å². The third kappa shape index (κ3) is 3.28. The Kier molecular flexibility index (Phi) is 4.82. The number of carbonyl (C=O) groups excluding carboxylic acids is 1. The quantitative estimate of drug-likeness (QED) is 0.745. The van der Waals surface area contributed by atoms with E-state index in [4.69, 9.17) is 0 Å². The normalized spacial score (nSPS) is 11.8. The minimum atomic E-state index is -0.845. The zero-order valence-corrected chi connectivity index (χ0v) is 10.5. The molecule has 0 aliphatic carbocycles. The highest BCUT2D eigenvalue weighted by atomic mass is 19.1. The molecule has 0 aromatic carbocycles. The number of likely N-dealkylation sites (N-methyl/N-ethyl adjacent to an activating group) is 1. The Balaban J connectivity index is 2.87. The molecule has 0 saturated carbocycles. The molecule has 5 nitrogen and oxygen atoms in total. The molecule has 1 unspecified atom stereocenters. The van der Waals surface area contributed by atoms with Gasteiger partial charge in [0.05, 0.1) is 0 Å². The third-order valence-electron chi connectivity index (χ3n) is 2.26. The summed E-state index contributed by atoms with van der Waals surface area (Å²) in [6.07, 6.45) is 0. The van der Waals surface area contributed by atoms with Crippen LogP contribution in [0.4, 0.5) is 20.4 Å². The van der Waals surface area contributed by atoms with Gasteiger partial charge in [-0.3, -0.25) is 4.79 Å². The van der Waals surface area contributed by atoms with Crippen LogP contribution in [0.3, 0.4) is 0 Å². The van der Waals surface area contributed by atoms with Crippen molar-refractivity contribution in [3.05, 3.63) is 17.7 Å². The van der Waals surface area contributed by atoms with E-state index in [1.165, 1.54) is 7.05 Å². The number of hydrogen-bond donors (Lipinski definition) is 3. The summed E-state index contributed by atoms with van der Waals surface area (Å²) >= 11 is 0. The summed E-state index contributed by atoms with van der Waals surface area (Å²) < 4.78 is 26.6. The van der Waals surface area contributed by atoms with Crippen molar-refractivity contribution in [2.24, 2.45) is 0 Å². The molecule has 0 bridgehead atoms. The van der Waals surface area contributed by atoms with E-state index in [9.17, 15) is 13.6 Å². The van der Waals surface area contributed by atoms with Crippen molar-refractivity contribution in [2.45, 2.75) is 19.9 Å². The molecule has 100 valence electrons.